The first-order valence-electron chi connectivity index (χ1n) is 2.73. The highest BCUT2D eigenvalue weighted by Gasteiger charge is 2.17. The number of hydrogen-bond acceptors (Lipinski definition) is 2. The minimum atomic E-state index is -1.27. The summed E-state index contributed by atoms with van der Waals surface area (Å²) >= 11 is 5.10. The standard InChI is InChI=1S/C6HClF2NO2/c7-3-1-5(9)6(10(11)12)2-4(3)8/h2H. The molecule has 1 rings (SSSR count). The monoisotopic (exact) mass is 192 g/mol. The summed E-state index contributed by atoms with van der Waals surface area (Å²) in [5.41, 5.74) is -0.975. The Morgan fingerprint density at radius 2 is 2.17 bits per heavy atom. The minimum Gasteiger partial charge on any atom is -0.258 e. The summed E-state index contributed by atoms with van der Waals surface area (Å²) in [6.45, 7) is 0. The van der Waals surface area contributed by atoms with Crippen molar-refractivity contribution in [2.75, 3.05) is 0 Å². The summed E-state index contributed by atoms with van der Waals surface area (Å²) in [4.78, 5) is 8.97. The molecule has 6 heteroatoms. The minimum absolute atomic E-state index is 0.411. The molecule has 0 saturated carbocycles. The van der Waals surface area contributed by atoms with Crippen LogP contribution in [0.15, 0.2) is 6.07 Å². The fraction of sp³-hybridized carbons (Fsp3) is 0. The van der Waals surface area contributed by atoms with Gasteiger partial charge >= 0.3 is 5.69 Å². The lowest BCUT2D eigenvalue weighted by Crippen LogP contribution is -1.94. The van der Waals surface area contributed by atoms with Crippen molar-refractivity contribution in [3.05, 3.63) is 38.9 Å². The second-order valence-electron chi connectivity index (χ2n) is 1.89. The zero-order valence-corrected chi connectivity index (χ0v) is 6.23. The molecule has 1 aromatic rings. The van der Waals surface area contributed by atoms with Gasteiger partial charge in [-0.3, -0.25) is 10.1 Å². The molecular formula is C6HClF2NO2. The highest BCUT2D eigenvalue weighted by Crippen LogP contribution is 2.23. The van der Waals surface area contributed by atoms with Crippen LogP contribution in [0.2, 0.25) is 5.02 Å². The molecule has 0 heterocycles. The summed E-state index contributed by atoms with van der Waals surface area (Å²) in [5, 5.41) is 9.42. The fourth-order valence-corrected chi connectivity index (χ4v) is 0.737. The molecule has 63 valence electrons. The van der Waals surface area contributed by atoms with Gasteiger partial charge < -0.3 is 0 Å². The topological polar surface area (TPSA) is 43.1 Å². The molecule has 1 radical (unpaired) electrons. The summed E-state index contributed by atoms with van der Waals surface area (Å²) in [6, 6.07) is 2.08. The van der Waals surface area contributed by atoms with Crippen LogP contribution in [0.1, 0.15) is 0 Å². The predicted octanol–water partition coefficient (Wildman–Crippen LogP) is 2.33. The maximum atomic E-state index is 12.5. The number of rotatable bonds is 1. The van der Waals surface area contributed by atoms with E-state index in [2.05, 4.69) is 0 Å². The molecule has 0 amide bonds. The van der Waals surface area contributed by atoms with E-state index in [4.69, 9.17) is 11.6 Å². The van der Waals surface area contributed by atoms with Crippen molar-refractivity contribution in [3.63, 3.8) is 0 Å². The predicted molar refractivity (Wildman–Crippen MR) is 36.9 cm³/mol. The van der Waals surface area contributed by atoms with E-state index in [1.54, 1.807) is 6.07 Å². The van der Waals surface area contributed by atoms with Gasteiger partial charge in [0.1, 0.15) is 5.82 Å². The van der Waals surface area contributed by atoms with Crippen molar-refractivity contribution in [2.45, 2.75) is 0 Å². The van der Waals surface area contributed by atoms with E-state index in [1.807, 2.05) is 0 Å². The lowest BCUT2D eigenvalue weighted by atomic mass is 10.3. The Bertz CT molecular complexity index is 343. The largest absolute Gasteiger partial charge is 0.308 e. The smallest absolute Gasteiger partial charge is 0.258 e. The molecule has 3 nitrogen and oxygen atoms in total. The Kier molecular flexibility index (Phi) is 2.23. The summed E-state index contributed by atoms with van der Waals surface area (Å²) < 4.78 is 25.0. The molecule has 0 saturated heterocycles. The molecule has 0 atom stereocenters. The van der Waals surface area contributed by atoms with Crippen LogP contribution < -0.4 is 0 Å². The third-order valence-corrected chi connectivity index (χ3v) is 1.39. The van der Waals surface area contributed by atoms with Crippen molar-refractivity contribution >= 4 is 17.3 Å². The van der Waals surface area contributed by atoms with E-state index in [1.165, 1.54) is 0 Å². The van der Waals surface area contributed by atoms with Crippen LogP contribution in [0, 0.1) is 27.8 Å². The van der Waals surface area contributed by atoms with Crippen molar-refractivity contribution in [1.29, 1.82) is 0 Å². The third kappa shape index (κ3) is 1.50. The highest BCUT2D eigenvalue weighted by atomic mass is 35.5. The average Bonchev–Trinajstić information content (AvgIpc) is 1.96. The van der Waals surface area contributed by atoms with Crippen LogP contribution in [0.3, 0.4) is 0 Å². The molecule has 1 aromatic carbocycles. The Morgan fingerprint density at radius 3 is 2.67 bits per heavy atom. The van der Waals surface area contributed by atoms with E-state index in [0.717, 1.165) is 0 Å². The van der Waals surface area contributed by atoms with Crippen LogP contribution in [0.5, 0.6) is 0 Å². The van der Waals surface area contributed by atoms with Gasteiger partial charge in [0.15, 0.2) is 0 Å². The zero-order chi connectivity index (χ0) is 9.30. The van der Waals surface area contributed by atoms with Gasteiger partial charge in [0.05, 0.1) is 22.1 Å². The van der Waals surface area contributed by atoms with Crippen molar-refractivity contribution in [2.24, 2.45) is 0 Å². The van der Waals surface area contributed by atoms with Crippen molar-refractivity contribution < 1.29 is 13.7 Å². The Labute approximate surface area is 70.7 Å². The van der Waals surface area contributed by atoms with Gasteiger partial charge in [0.25, 0.3) is 0 Å². The maximum Gasteiger partial charge on any atom is 0.308 e. The maximum absolute atomic E-state index is 12.5. The van der Waals surface area contributed by atoms with Crippen molar-refractivity contribution in [1.82, 2.24) is 0 Å². The molecule has 0 bridgehead atoms. The van der Waals surface area contributed by atoms with Crippen LogP contribution in [0.25, 0.3) is 0 Å². The van der Waals surface area contributed by atoms with Gasteiger partial charge in [0, 0.05) is 0 Å². The quantitative estimate of drug-likeness (QED) is 0.389. The van der Waals surface area contributed by atoms with Gasteiger partial charge in [-0.1, -0.05) is 11.6 Å². The SMILES string of the molecule is O=[N+]([O-])c1cc(F)c(Cl)[c]c1F. The lowest BCUT2D eigenvalue weighted by molar-refractivity contribution is -0.387. The van der Waals surface area contributed by atoms with Crippen LogP contribution in [-0.2, 0) is 0 Å². The van der Waals surface area contributed by atoms with Crippen LogP contribution >= 0.6 is 11.6 Å². The van der Waals surface area contributed by atoms with Gasteiger partial charge in [-0.05, 0) is 0 Å². The number of nitro benzene ring substituents is 1. The van der Waals surface area contributed by atoms with Gasteiger partial charge in [-0.25, -0.2) is 4.39 Å². The molecule has 12 heavy (non-hydrogen) atoms. The van der Waals surface area contributed by atoms with Gasteiger partial charge in [0.2, 0.25) is 5.82 Å². The molecule has 0 spiro atoms. The second-order valence-corrected chi connectivity index (χ2v) is 2.27. The third-order valence-electron chi connectivity index (χ3n) is 1.11. The van der Waals surface area contributed by atoms with E-state index in [9.17, 15) is 18.9 Å². The normalized spacial score (nSPS) is 9.92. The molecule has 0 aliphatic heterocycles. The van der Waals surface area contributed by atoms with Gasteiger partial charge in [-0.15, -0.1) is 0 Å². The van der Waals surface area contributed by atoms with Crippen LogP contribution in [-0.4, -0.2) is 4.92 Å². The molecule has 0 aliphatic rings. The Balaban J connectivity index is 3.33. The Hall–Kier alpha value is -1.23. The number of halogens is 3. The zero-order valence-electron chi connectivity index (χ0n) is 5.47. The lowest BCUT2D eigenvalue weighted by Gasteiger charge is -1.94. The molecule has 0 unspecified atom stereocenters. The van der Waals surface area contributed by atoms with E-state index < -0.39 is 27.3 Å². The summed E-state index contributed by atoms with van der Waals surface area (Å²) in [6.07, 6.45) is 0. The first-order chi connectivity index (χ1) is 5.52. The number of nitro groups is 1. The van der Waals surface area contributed by atoms with E-state index in [0.29, 0.717) is 6.07 Å². The van der Waals surface area contributed by atoms with Crippen molar-refractivity contribution in [3.8, 4) is 0 Å². The van der Waals surface area contributed by atoms with E-state index in [-0.39, 0.29) is 0 Å². The average molecular weight is 193 g/mol. The number of nitrogens with zero attached hydrogens (tertiary/aromatic N) is 1. The Morgan fingerprint density at radius 1 is 1.58 bits per heavy atom. The molecule has 0 aromatic heterocycles. The first-order valence-corrected chi connectivity index (χ1v) is 3.11. The second kappa shape index (κ2) is 3.02. The fourth-order valence-electron chi connectivity index (χ4n) is 0.600. The molecule has 0 aliphatic carbocycles. The van der Waals surface area contributed by atoms with Crippen LogP contribution in [0.4, 0.5) is 14.5 Å². The molecule has 0 N–H and O–H groups in total. The molecular weight excluding hydrogens is 192 g/mol. The van der Waals surface area contributed by atoms with E-state index >= 15 is 0 Å². The summed E-state index contributed by atoms with van der Waals surface area (Å²) in [5.74, 6) is -2.34. The molecule has 0 fully saturated rings. The summed E-state index contributed by atoms with van der Waals surface area (Å²) in [7, 11) is 0. The van der Waals surface area contributed by atoms with Gasteiger partial charge in [-0.2, -0.15) is 4.39 Å². The highest BCUT2D eigenvalue weighted by molar-refractivity contribution is 6.30. The first kappa shape index (κ1) is 8.86. The number of benzene rings is 1. The number of hydrogen-bond donors (Lipinski definition) is 0.